The maximum Gasteiger partial charge on any atom is 0.310 e. The zero-order valence-corrected chi connectivity index (χ0v) is 10.2. The summed E-state index contributed by atoms with van der Waals surface area (Å²) in [5.74, 6) is -0.299. The molecular weight excluding hydrogens is 254 g/mol. The molecule has 2 saturated heterocycles. The Morgan fingerprint density at radius 1 is 1.26 bits per heavy atom. The predicted molar refractivity (Wildman–Crippen MR) is 65.1 cm³/mol. The molecule has 2 aliphatic heterocycles. The highest BCUT2D eigenvalue weighted by atomic mass is 16.6. The molecule has 0 aliphatic carbocycles. The molecule has 0 bridgehead atoms. The number of rotatable bonds is 5. The number of hydrogen-bond acceptors (Lipinski definition) is 6. The number of nitro groups is 1. The first-order valence-corrected chi connectivity index (χ1v) is 5.90. The van der Waals surface area contributed by atoms with Gasteiger partial charge < -0.3 is 19.3 Å². The van der Waals surface area contributed by atoms with Crippen molar-refractivity contribution in [3.05, 3.63) is 34.4 Å². The third-order valence-electron chi connectivity index (χ3n) is 2.49. The molecule has 0 saturated carbocycles. The number of aromatic hydroxyl groups is 1. The van der Waals surface area contributed by atoms with Gasteiger partial charge in [0.15, 0.2) is 5.75 Å². The summed E-state index contributed by atoms with van der Waals surface area (Å²) < 4.78 is 15.1. The molecule has 0 radical (unpaired) electrons. The highest BCUT2D eigenvalue weighted by Gasteiger charge is 2.26. The van der Waals surface area contributed by atoms with Gasteiger partial charge in [-0.25, -0.2) is 0 Å². The third-order valence-corrected chi connectivity index (χ3v) is 2.49. The van der Waals surface area contributed by atoms with Gasteiger partial charge in [0.2, 0.25) is 0 Å². The fourth-order valence-corrected chi connectivity index (χ4v) is 1.28. The molecule has 104 valence electrons. The minimum absolute atomic E-state index is 0.262. The number of epoxide rings is 2. The molecule has 0 amide bonds. The zero-order valence-electron chi connectivity index (χ0n) is 10.2. The van der Waals surface area contributed by atoms with Gasteiger partial charge in [-0.1, -0.05) is 12.1 Å². The van der Waals surface area contributed by atoms with E-state index in [1.807, 2.05) is 0 Å². The highest BCUT2D eigenvalue weighted by molar-refractivity contribution is 5.44. The number of hydrogen-bond donors (Lipinski definition) is 1. The Morgan fingerprint density at radius 3 is 2.16 bits per heavy atom. The maximum absolute atomic E-state index is 10.1. The van der Waals surface area contributed by atoms with E-state index in [0.29, 0.717) is 12.2 Å². The number of benzene rings is 1. The van der Waals surface area contributed by atoms with E-state index < -0.39 is 4.92 Å². The van der Waals surface area contributed by atoms with Crippen LogP contribution in [0, 0.1) is 10.1 Å². The van der Waals surface area contributed by atoms with Crippen LogP contribution in [0.15, 0.2) is 24.3 Å². The van der Waals surface area contributed by atoms with Crippen molar-refractivity contribution in [2.75, 3.05) is 26.4 Å². The van der Waals surface area contributed by atoms with Crippen molar-refractivity contribution in [3.8, 4) is 5.75 Å². The zero-order chi connectivity index (χ0) is 13.7. The van der Waals surface area contributed by atoms with Gasteiger partial charge in [-0.3, -0.25) is 10.1 Å². The molecular formula is C12H15NO6. The molecule has 2 atom stereocenters. The quantitative estimate of drug-likeness (QED) is 0.488. The van der Waals surface area contributed by atoms with Crippen molar-refractivity contribution in [1.29, 1.82) is 0 Å². The van der Waals surface area contributed by atoms with E-state index in [1.54, 1.807) is 0 Å². The van der Waals surface area contributed by atoms with Crippen LogP contribution in [0.2, 0.25) is 0 Å². The van der Waals surface area contributed by atoms with E-state index in [0.717, 1.165) is 26.4 Å². The molecule has 7 heteroatoms. The fourth-order valence-electron chi connectivity index (χ4n) is 1.28. The van der Waals surface area contributed by atoms with Gasteiger partial charge in [0.05, 0.1) is 31.4 Å². The van der Waals surface area contributed by atoms with E-state index >= 15 is 0 Å². The molecule has 2 heterocycles. The molecule has 1 aromatic carbocycles. The van der Waals surface area contributed by atoms with Crippen LogP contribution in [0.4, 0.5) is 5.69 Å². The second-order valence-electron chi connectivity index (χ2n) is 4.19. The van der Waals surface area contributed by atoms with Gasteiger partial charge in [0.1, 0.15) is 12.2 Å². The lowest BCUT2D eigenvalue weighted by atomic mass is 10.3. The molecule has 3 rings (SSSR count). The van der Waals surface area contributed by atoms with E-state index in [2.05, 4.69) is 0 Å². The van der Waals surface area contributed by atoms with Gasteiger partial charge >= 0.3 is 5.69 Å². The average Bonchev–Trinajstić information content (AvgIpc) is 3.25. The van der Waals surface area contributed by atoms with Crippen LogP contribution >= 0.6 is 0 Å². The topological polar surface area (TPSA) is 97.7 Å². The summed E-state index contributed by atoms with van der Waals surface area (Å²) in [6.07, 6.45) is 0.785. The normalized spacial score (nSPS) is 23.2. The van der Waals surface area contributed by atoms with Crippen molar-refractivity contribution < 1.29 is 24.2 Å². The molecule has 0 aromatic heterocycles. The Hall–Kier alpha value is -1.70. The van der Waals surface area contributed by atoms with Crippen molar-refractivity contribution in [3.63, 3.8) is 0 Å². The van der Waals surface area contributed by atoms with Crippen molar-refractivity contribution in [2.24, 2.45) is 0 Å². The summed E-state index contributed by atoms with van der Waals surface area (Å²) in [5.41, 5.74) is -0.262. The van der Waals surface area contributed by atoms with Crippen LogP contribution in [0.3, 0.4) is 0 Å². The lowest BCUT2D eigenvalue weighted by molar-refractivity contribution is -0.385. The second kappa shape index (κ2) is 6.46. The van der Waals surface area contributed by atoms with Gasteiger partial charge in [-0.15, -0.1) is 0 Å². The van der Waals surface area contributed by atoms with E-state index in [9.17, 15) is 10.1 Å². The van der Waals surface area contributed by atoms with Gasteiger partial charge in [-0.05, 0) is 6.07 Å². The summed E-state index contributed by atoms with van der Waals surface area (Å²) in [7, 11) is 0. The lowest BCUT2D eigenvalue weighted by Gasteiger charge is -1.95. The van der Waals surface area contributed by atoms with Crippen molar-refractivity contribution >= 4 is 5.69 Å². The Balaban J connectivity index is 0.000000141. The monoisotopic (exact) mass is 269 g/mol. The minimum Gasteiger partial charge on any atom is -0.502 e. The van der Waals surface area contributed by atoms with Crippen molar-refractivity contribution in [2.45, 2.75) is 12.2 Å². The molecule has 2 aliphatic rings. The highest BCUT2D eigenvalue weighted by Crippen LogP contribution is 2.23. The smallest absolute Gasteiger partial charge is 0.310 e. The van der Waals surface area contributed by atoms with Gasteiger partial charge in [-0.2, -0.15) is 0 Å². The minimum atomic E-state index is -0.630. The van der Waals surface area contributed by atoms with Crippen molar-refractivity contribution in [1.82, 2.24) is 0 Å². The summed E-state index contributed by atoms with van der Waals surface area (Å²) in [5, 5.41) is 18.9. The SMILES string of the molecule is C(OCC1CO1)C1CO1.O=[N+]([O-])c1ccccc1O. The van der Waals surface area contributed by atoms with Crippen LogP contribution in [0.25, 0.3) is 0 Å². The first-order chi connectivity index (χ1) is 9.16. The molecule has 2 unspecified atom stereocenters. The Labute approximate surface area is 109 Å². The summed E-state index contributed by atoms with van der Waals surface area (Å²) >= 11 is 0. The van der Waals surface area contributed by atoms with Crippen LogP contribution in [-0.2, 0) is 14.2 Å². The molecule has 2 fully saturated rings. The lowest BCUT2D eigenvalue weighted by Crippen LogP contribution is -2.06. The van der Waals surface area contributed by atoms with Crippen LogP contribution in [0.5, 0.6) is 5.75 Å². The number of nitrogens with zero attached hydrogens (tertiary/aromatic N) is 1. The number of phenolic OH excluding ortho intramolecular Hbond substituents is 1. The Bertz CT molecular complexity index is 418. The maximum atomic E-state index is 10.1. The summed E-state index contributed by atoms with van der Waals surface area (Å²) in [6, 6.07) is 5.55. The molecule has 19 heavy (non-hydrogen) atoms. The average molecular weight is 269 g/mol. The van der Waals surface area contributed by atoms with E-state index in [1.165, 1.54) is 24.3 Å². The summed E-state index contributed by atoms with van der Waals surface area (Å²) in [6.45, 7) is 3.26. The number of para-hydroxylation sites is 2. The van der Waals surface area contributed by atoms with Crippen LogP contribution in [0.1, 0.15) is 0 Å². The first kappa shape index (κ1) is 13.7. The Kier molecular flexibility index (Phi) is 4.67. The van der Waals surface area contributed by atoms with Gasteiger partial charge in [0, 0.05) is 6.07 Å². The molecule has 1 aromatic rings. The predicted octanol–water partition coefficient (Wildman–Crippen LogP) is 1.10. The van der Waals surface area contributed by atoms with Crippen LogP contribution in [-0.4, -0.2) is 48.7 Å². The largest absolute Gasteiger partial charge is 0.502 e. The number of nitro benzene ring substituents is 1. The fraction of sp³-hybridized carbons (Fsp3) is 0.500. The molecule has 7 nitrogen and oxygen atoms in total. The Morgan fingerprint density at radius 2 is 1.79 bits per heavy atom. The van der Waals surface area contributed by atoms with Crippen LogP contribution < -0.4 is 0 Å². The number of ether oxygens (including phenoxy) is 3. The number of phenols is 1. The standard InChI is InChI=1S/C6H5NO3.C6H10O3/c8-6-4-2-1-3-5(6)7(9)10;1(5-3-8-5)7-2-6-4-9-6/h1-4,8H;5-6H,1-4H2. The second-order valence-corrected chi connectivity index (χ2v) is 4.19. The molecule has 0 spiro atoms. The molecule has 1 N–H and O–H groups in total. The first-order valence-electron chi connectivity index (χ1n) is 5.90. The van der Waals surface area contributed by atoms with Gasteiger partial charge in [0.25, 0.3) is 0 Å². The van der Waals surface area contributed by atoms with E-state index in [4.69, 9.17) is 19.3 Å². The third kappa shape index (κ3) is 5.21. The summed E-state index contributed by atoms with van der Waals surface area (Å²) in [4.78, 5) is 9.44. The van der Waals surface area contributed by atoms with E-state index in [-0.39, 0.29) is 11.4 Å².